The lowest BCUT2D eigenvalue weighted by Crippen LogP contribution is -2.52. The number of nitrogens with zero attached hydrogens (tertiary/aromatic N) is 2. The van der Waals surface area contributed by atoms with E-state index in [9.17, 15) is 14.0 Å². The highest BCUT2D eigenvalue weighted by Gasteiger charge is 2.35. The second-order valence-electron chi connectivity index (χ2n) is 6.02. The monoisotopic (exact) mass is 384 g/mol. The predicted molar refractivity (Wildman–Crippen MR) is 103 cm³/mol. The molecule has 2 aromatic rings. The van der Waals surface area contributed by atoms with Gasteiger partial charge in [0.25, 0.3) is 11.8 Å². The number of carbonyl (C=O) groups excluding carboxylic acids is 2. The number of thiocarbonyl (C=S) groups is 1. The molecule has 0 aliphatic carbocycles. The Labute approximate surface area is 161 Å². The lowest BCUT2D eigenvalue weighted by Gasteiger charge is -2.31. The van der Waals surface area contributed by atoms with Crippen molar-refractivity contribution < 1.29 is 18.7 Å². The van der Waals surface area contributed by atoms with Crippen LogP contribution in [0.1, 0.15) is 11.1 Å². The van der Waals surface area contributed by atoms with Crippen LogP contribution < -0.4 is 4.74 Å². The topological polar surface area (TPSA) is 49.9 Å². The molecule has 3 rings (SSSR count). The van der Waals surface area contributed by atoms with Crippen molar-refractivity contribution in [1.82, 2.24) is 9.80 Å². The summed E-state index contributed by atoms with van der Waals surface area (Å²) in [5, 5.41) is 0.157. The Balaban J connectivity index is 1.82. The molecule has 27 heavy (non-hydrogen) atoms. The minimum atomic E-state index is -0.458. The van der Waals surface area contributed by atoms with Gasteiger partial charge >= 0.3 is 0 Å². The number of likely N-dealkylation sites (N-methyl/N-ethyl adjacent to an activating group) is 2. The molecule has 2 amide bonds. The standard InChI is InChI=1S/C20H17FN2O3S/c1-22-18(24)16(19(25)23(2)20(22)27)11-13-6-5-8-15(10-13)26-12-14-7-3-4-9-17(14)21/h3-11H,12H2,1-2H3. The third-order valence-electron chi connectivity index (χ3n) is 4.17. The summed E-state index contributed by atoms with van der Waals surface area (Å²) >= 11 is 5.07. The van der Waals surface area contributed by atoms with Gasteiger partial charge in [0.2, 0.25) is 0 Å². The molecule has 138 valence electrons. The predicted octanol–water partition coefficient (Wildman–Crippen LogP) is 3.00. The second-order valence-corrected chi connectivity index (χ2v) is 6.39. The zero-order valence-corrected chi connectivity index (χ0v) is 15.6. The average Bonchev–Trinajstić information content (AvgIpc) is 2.68. The van der Waals surface area contributed by atoms with E-state index in [1.54, 1.807) is 42.5 Å². The third-order valence-corrected chi connectivity index (χ3v) is 4.71. The number of amides is 2. The molecule has 1 heterocycles. The van der Waals surface area contributed by atoms with Gasteiger partial charge in [0.05, 0.1) is 0 Å². The molecule has 1 saturated heterocycles. The van der Waals surface area contributed by atoms with Gasteiger partial charge in [0.1, 0.15) is 23.7 Å². The molecule has 0 bridgehead atoms. The molecular weight excluding hydrogens is 367 g/mol. The third kappa shape index (κ3) is 3.88. The molecule has 0 N–H and O–H groups in total. The van der Waals surface area contributed by atoms with E-state index in [1.807, 2.05) is 0 Å². The first kappa shape index (κ1) is 18.7. The summed E-state index contributed by atoms with van der Waals surface area (Å²) in [6, 6.07) is 13.3. The first-order valence-electron chi connectivity index (χ1n) is 8.16. The van der Waals surface area contributed by atoms with E-state index in [1.165, 1.54) is 36.0 Å². The van der Waals surface area contributed by atoms with Crippen molar-refractivity contribution in [2.75, 3.05) is 14.1 Å². The molecule has 0 spiro atoms. The van der Waals surface area contributed by atoms with Crippen molar-refractivity contribution >= 4 is 35.2 Å². The van der Waals surface area contributed by atoms with E-state index in [0.717, 1.165) is 0 Å². The van der Waals surface area contributed by atoms with Gasteiger partial charge in [-0.25, -0.2) is 4.39 Å². The van der Waals surface area contributed by atoms with Gasteiger partial charge in [-0.1, -0.05) is 30.3 Å². The maximum atomic E-state index is 13.7. The van der Waals surface area contributed by atoms with E-state index in [0.29, 0.717) is 16.9 Å². The van der Waals surface area contributed by atoms with Crippen LogP contribution in [-0.2, 0) is 16.2 Å². The first-order valence-corrected chi connectivity index (χ1v) is 8.57. The normalized spacial score (nSPS) is 14.6. The zero-order chi connectivity index (χ0) is 19.6. The van der Waals surface area contributed by atoms with Crippen LogP contribution in [0.5, 0.6) is 5.75 Å². The summed E-state index contributed by atoms with van der Waals surface area (Å²) in [5.74, 6) is -0.752. The van der Waals surface area contributed by atoms with Crippen molar-refractivity contribution in [3.05, 3.63) is 71.0 Å². The van der Waals surface area contributed by atoms with Crippen molar-refractivity contribution in [2.24, 2.45) is 0 Å². The molecule has 1 aliphatic heterocycles. The summed E-state index contributed by atoms with van der Waals surface area (Å²) in [7, 11) is 3.05. The van der Waals surface area contributed by atoms with Crippen LogP contribution in [0.4, 0.5) is 4.39 Å². The van der Waals surface area contributed by atoms with Crippen LogP contribution in [0, 0.1) is 5.82 Å². The number of benzene rings is 2. The van der Waals surface area contributed by atoms with Gasteiger partial charge in [-0.3, -0.25) is 19.4 Å². The Morgan fingerprint density at radius 3 is 2.37 bits per heavy atom. The fraction of sp³-hybridized carbons (Fsp3) is 0.150. The average molecular weight is 384 g/mol. The van der Waals surface area contributed by atoms with Gasteiger partial charge in [-0.15, -0.1) is 0 Å². The Hall–Kier alpha value is -3.06. The molecule has 7 heteroatoms. The number of halogens is 1. The number of hydrogen-bond donors (Lipinski definition) is 0. The molecule has 0 unspecified atom stereocenters. The van der Waals surface area contributed by atoms with Crippen LogP contribution in [-0.4, -0.2) is 40.8 Å². The number of carbonyl (C=O) groups is 2. The summed E-state index contributed by atoms with van der Waals surface area (Å²) in [4.78, 5) is 27.3. The minimum Gasteiger partial charge on any atom is -0.489 e. The molecule has 0 radical (unpaired) electrons. The fourth-order valence-electron chi connectivity index (χ4n) is 2.61. The molecule has 0 saturated carbocycles. The Kier molecular flexibility index (Phi) is 5.32. The highest BCUT2D eigenvalue weighted by Crippen LogP contribution is 2.21. The van der Waals surface area contributed by atoms with Crippen molar-refractivity contribution in [1.29, 1.82) is 0 Å². The SMILES string of the molecule is CN1C(=O)C(=Cc2cccc(OCc3ccccc3F)c2)C(=O)N(C)C1=S. The summed E-state index contributed by atoms with van der Waals surface area (Å²) in [6.45, 7) is 0.0737. The summed E-state index contributed by atoms with van der Waals surface area (Å²) < 4.78 is 19.3. The Morgan fingerprint density at radius 1 is 1.04 bits per heavy atom. The van der Waals surface area contributed by atoms with Crippen molar-refractivity contribution in [3.63, 3.8) is 0 Å². The summed E-state index contributed by atoms with van der Waals surface area (Å²) in [6.07, 6.45) is 1.50. The van der Waals surface area contributed by atoms with Crippen molar-refractivity contribution in [2.45, 2.75) is 6.61 Å². The molecule has 5 nitrogen and oxygen atoms in total. The van der Waals surface area contributed by atoms with Gasteiger partial charge in [-0.05, 0) is 42.1 Å². The van der Waals surface area contributed by atoms with E-state index < -0.39 is 11.8 Å². The zero-order valence-electron chi connectivity index (χ0n) is 14.8. The molecular formula is C20H17FN2O3S. The number of ether oxygens (including phenoxy) is 1. The van der Waals surface area contributed by atoms with Crippen LogP contribution >= 0.6 is 12.2 Å². The lowest BCUT2D eigenvalue weighted by molar-refractivity contribution is -0.132. The second kappa shape index (κ2) is 7.67. The van der Waals surface area contributed by atoms with Crippen LogP contribution in [0.15, 0.2) is 54.1 Å². The van der Waals surface area contributed by atoms with E-state index in [-0.39, 0.29) is 23.1 Å². The highest BCUT2D eigenvalue weighted by atomic mass is 32.1. The van der Waals surface area contributed by atoms with Gasteiger partial charge in [-0.2, -0.15) is 0 Å². The van der Waals surface area contributed by atoms with Crippen LogP contribution in [0.3, 0.4) is 0 Å². The smallest absolute Gasteiger partial charge is 0.265 e. The van der Waals surface area contributed by atoms with E-state index in [4.69, 9.17) is 17.0 Å². The maximum absolute atomic E-state index is 13.7. The Bertz CT molecular complexity index is 932. The lowest BCUT2D eigenvalue weighted by atomic mass is 10.1. The molecule has 1 aliphatic rings. The maximum Gasteiger partial charge on any atom is 0.265 e. The summed E-state index contributed by atoms with van der Waals surface area (Å²) in [5.41, 5.74) is 1.07. The number of hydrogen-bond acceptors (Lipinski definition) is 4. The van der Waals surface area contributed by atoms with Crippen LogP contribution in [0.25, 0.3) is 6.08 Å². The minimum absolute atomic E-state index is 0.0138. The van der Waals surface area contributed by atoms with Gasteiger partial charge in [0, 0.05) is 19.7 Å². The van der Waals surface area contributed by atoms with E-state index >= 15 is 0 Å². The first-order chi connectivity index (χ1) is 12.9. The molecule has 0 atom stereocenters. The van der Waals surface area contributed by atoms with Crippen molar-refractivity contribution in [3.8, 4) is 5.75 Å². The Morgan fingerprint density at radius 2 is 1.70 bits per heavy atom. The van der Waals surface area contributed by atoms with Crippen LogP contribution in [0.2, 0.25) is 0 Å². The highest BCUT2D eigenvalue weighted by molar-refractivity contribution is 7.80. The van der Waals surface area contributed by atoms with E-state index in [2.05, 4.69) is 0 Å². The molecule has 0 aromatic heterocycles. The fourth-order valence-corrected chi connectivity index (χ4v) is 2.78. The molecule has 1 fully saturated rings. The number of rotatable bonds is 4. The van der Waals surface area contributed by atoms with Gasteiger partial charge < -0.3 is 4.74 Å². The quantitative estimate of drug-likeness (QED) is 0.462. The largest absolute Gasteiger partial charge is 0.489 e. The van der Waals surface area contributed by atoms with Gasteiger partial charge in [0.15, 0.2) is 5.11 Å². The molecule has 2 aromatic carbocycles.